The number of nitrogens with zero attached hydrogens (tertiary/aromatic N) is 1. The van der Waals surface area contributed by atoms with Gasteiger partial charge in [-0.05, 0) is 37.8 Å². The molecule has 1 atom stereocenters. The summed E-state index contributed by atoms with van der Waals surface area (Å²) in [5.74, 6) is 0.843. The second kappa shape index (κ2) is 12.7. The van der Waals surface area contributed by atoms with Crippen LogP contribution in [0, 0.1) is 0 Å². The summed E-state index contributed by atoms with van der Waals surface area (Å²) >= 11 is 0. The topological polar surface area (TPSA) is 64.1 Å². The molecule has 26 heavy (non-hydrogen) atoms. The second-order valence-corrected chi connectivity index (χ2v) is 6.29. The third-order valence-corrected chi connectivity index (χ3v) is 4.11. The maximum absolute atomic E-state index is 5.78. The monoisotopic (exact) mass is 363 g/mol. The highest BCUT2D eigenvalue weighted by molar-refractivity contribution is 5.79. The molecule has 1 fully saturated rings. The van der Waals surface area contributed by atoms with Gasteiger partial charge < -0.3 is 24.8 Å². The van der Waals surface area contributed by atoms with E-state index in [9.17, 15) is 0 Å². The molecule has 1 aromatic rings. The molecule has 0 bridgehead atoms. The molecule has 0 spiro atoms. The Morgan fingerprint density at radius 3 is 2.69 bits per heavy atom. The van der Waals surface area contributed by atoms with E-state index in [1.807, 2.05) is 6.92 Å². The number of ether oxygens (including phenoxy) is 3. The van der Waals surface area contributed by atoms with Crippen molar-refractivity contribution in [3.8, 4) is 0 Å². The minimum absolute atomic E-state index is 0.280. The molecule has 6 heteroatoms. The van der Waals surface area contributed by atoms with Crippen molar-refractivity contribution in [3.63, 3.8) is 0 Å². The Morgan fingerprint density at radius 2 is 2.00 bits per heavy atom. The van der Waals surface area contributed by atoms with Crippen molar-refractivity contribution in [1.82, 2.24) is 10.6 Å². The Bertz CT molecular complexity index is 514. The van der Waals surface area contributed by atoms with E-state index in [-0.39, 0.29) is 6.10 Å². The average Bonchev–Trinajstić information content (AvgIpc) is 3.18. The van der Waals surface area contributed by atoms with Crippen molar-refractivity contribution < 1.29 is 14.2 Å². The normalized spacial score (nSPS) is 17.5. The van der Waals surface area contributed by atoms with E-state index < -0.39 is 0 Å². The lowest BCUT2D eigenvalue weighted by atomic mass is 10.1. The summed E-state index contributed by atoms with van der Waals surface area (Å²) in [5.41, 5.74) is 2.38. The minimum atomic E-state index is 0.280. The first kappa shape index (κ1) is 20.7. The Balaban J connectivity index is 1.69. The molecule has 1 unspecified atom stereocenters. The lowest BCUT2D eigenvalue weighted by Gasteiger charge is -2.13. The highest BCUT2D eigenvalue weighted by Crippen LogP contribution is 2.08. The number of aliphatic imine (C=N–C) groups is 1. The summed E-state index contributed by atoms with van der Waals surface area (Å²) in [6, 6.07) is 8.42. The van der Waals surface area contributed by atoms with Crippen LogP contribution >= 0.6 is 0 Å². The molecular formula is C20H33N3O3. The fourth-order valence-corrected chi connectivity index (χ4v) is 2.65. The lowest BCUT2D eigenvalue weighted by Crippen LogP contribution is -2.38. The second-order valence-electron chi connectivity index (χ2n) is 6.29. The van der Waals surface area contributed by atoms with Crippen molar-refractivity contribution >= 4 is 5.96 Å². The van der Waals surface area contributed by atoms with E-state index in [4.69, 9.17) is 14.2 Å². The third kappa shape index (κ3) is 8.17. The summed E-state index contributed by atoms with van der Waals surface area (Å²) in [7, 11) is 0. The Labute approximate surface area is 157 Å². The molecule has 1 aromatic carbocycles. The zero-order chi connectivity index (χ0) is 18.5. The van der Waals surface area contributed by atoms with Crippen LogP contribution in [0.2, 0.25) is 0 Å². The molecule has 2 N–H and O–H groups in total. The summed E-state index contributed by atoms with van der Waals surface area (Å²) in [5, 5.41) is 6.65. The zero-order valence-electron chi connectivity index (χ0n) is 16.1. The number of nitrogens with one attached hydrogen (secondary N) is 2. The Morgan fingerprint density at radius 1 is 1.19 bits per heavy atom. The smallest absolute Gasteiger partial charge is 0.191 e. The molecule has 0 radical (unpaired) electrons. The first-order chi connectivity index (χ1) is 12.8. The van der Waals surface area contributed by atoms with Gasteiger partial charge in [0.2, 0.25) is 0 Å². The van der Waals surface area contributed by atoms with Gasteiger partial charge in [-0.15, -0.1) is 0 Å². The number of hydrogen-bond donors (Lipinski definition) is 2. The third-order valence-electron chi connectivity index (χ3n) is 4.11. The predicted octanol–water partition coefficient (Wildman–Crippen LogP) is 2.47. The lowest BCUT2D eigenvalue weighted by molar-refractivity contribution is 0.0420. The number of hydrogen-bond acceptors (Lipinski definition) is 4. The molecule has 1 aliphatic heterocycles. The molecule has 1 saturated heterocycles. The number of guanidine groups is 1. The van der Waals surface area contributed by atoms with Crippen LogP contribution in [-0.2, 0) is 27.4 Å². The van der Waals surface area contributed by atoms with Gasteiger partial charge in [0.1, 0.15) is 0 Å². The quantitative estimate of drug-likeness (QED) is 0.359. The van der Waals surface area contributed by atoms with Gasteiger partial charge in [-0.25, -0.2) is 4.99 Å². The van der Waals surface area contributed by atoms with Crippen LogP contribution in [0.1, 0.15) is 37.8 Å². The van der Waals surface area contributed by atoms with Crippen LogP contribution < -0.4 is 10.6 Å². The van der Waals surface area contributed by atoms with Gasteiger partial charge in [-0.1, -0.05) is 24.3 Å². The predicted molar refractivity (Wildman–Crippen MR) is 104 cm³/mol. The molecule has 1 aliphatic rings. The summed E-state index contributed by atoms with van der Waals surface area (Å²) in [4.78, 5) is 4.65. The van der Waals surface area contributed by atoms with Gasteiger partial charge in [0.15, 0.2) is 5.96 Å². The summed E-state index contributed by atoms with van der Waals surface area (Å²) in [6.07, 6.45) is 2.25. The van der Waals surface area contributed by atoms with Crippen LogP contribution in [0.4, 0.5) is 0 Å². The molecule has 1 heterocycles. The molecular weight excluding hydrogens is 330 g/mol. The van der Waals surface area contributed by atoms with Crippen LogP contribution in [0.25, 0.3) is 0 Å². The van der Waals surface area contributed by atoms with Crippen LogP contribution in [0.5, 0.6) is 0 Å². The first-order valence-corrected chi connectivity index (χ1v) is 9.69. The van der Waals surface area contributed by atoms with Gasteiger partial charge in [0.05, 0.1) is 25.9 Å². The van der Waals surface area contributed by atoms with E-state index in [0.29, 0.717) is 13.2 Å². The van der Waals surface area contributed by atoms with Gasteiger partial charge in [0.25, 0.3) is 0 Å². The molecule has 0 saturated carbocycles. The Kier molecular flexibility index (Phi) is 10.1. The SMILES string of the molecule is CCNC(=NCc1ccc(COCC)cc1)NCCCOC1CCOC1. The fraction of sp³-hybridized carbons (Fsp3) is 0.650. The maximum Gasteiger partial charge on any atom is 0.191 e. The first-order valence-electron chi connectivity index (χ1n) is 9.69. The fourth-order valence-electron chi connectivity index (χ4n) is 2.65. The average molecular weight is 364 g/mol. The highest BCUT2D eigenvalue weighted by atomic mass is 16.5. The number of benzene rings is 1. The largest absolute Gasteiger partial charge is 0.379 e. The van der Waals surface area contributed by atoms with Crippen molar-refractivity contribution in [3.05, 3.63) is 35.4 Å². The summed E-state index contributed by atoms with van der Waals surface area (Å²) < 4.78 is 16.5. The molecule has 0 aromatic heterocycles. The van der Waals surface area contributed by atoms with Crippen LogP contribution in [0.15, 0.2) is 29.3 Å². The van der Waals surface area contributed by atoms with E-state index in [2.05, 4.69) is 46.8 Å². The Hall–Kier alpha value is -1.63. The molecule has 2 rings (SSSR count). The van der Waals surface area contributed by atoms with Crippen LogP contribution in [-0.4, -0.2) is 51.6 Å². The van der Waals surface area contributed by atoms with E-state index >= 15 is 0 Å². The summed E-state index contributed by atoms with van der Waals surface area (Å²) in [6.45, 7) is 10.1. The van der Waals surface area contributed by atoms with E-state index in [0.717, 1.165) is 58.3 Å². The number of rotatable bonds is 11. The van der Waals surface area contributed by atoms with Gasteiger partial charge in [-0.2, -0.15) is 0 Å². The molecule has 0 amide bonds. The molecule has 146 valence electrons. The molecule has 6 nitrogen and oxygen atoms in total. The van der Waals surface area contributed by atoms with E-state index in [1.54, 1.807) is 0 Å². The van der Waals surface area contributed by atoms with Gasteiger partial charge in [-0.3, -0.25) is 0 Å². The minimum Gasteiger partial charge on any atom is -0.379 e. The van der Waals surface area contributed by atoms with Gasteiger partial charge >= 0.3 is 0 Å². The van der Waals surface area contributed by atoms with Gasteiger partial charge in [0, 0.05) is 32.9 Å². The molecule has 0 aliphatic carbocycles. The standard InChI is InChI=1S/C20H33N3O3/c1-3-21-20(22-11-5-12-26-19-10-13-25-16-19)23-14-17-6-8-18(9-7-17)15-24-4-2/h6-9,19H,3-5,10-16H2,1-2H3,(H2,21,22,23). The van der Waals surface area contributed by atoms with Crippen molar-refractivity contribution in [2.45, 2.75) is 45.9 Å². The van der Waals surface area contributed by atoms with E-state index in [1.165, 1.54) is 11.1 Å². The van der Waals surface area contributed by atoms with Crippen LogP contribution in [0.3, 0.4) is 0 Å². The van der Waals surface area contributed by atoms with Crippen molar-refractivity contribution in [2.24, 2.45) is 4.99 Å². The van der Waals surface area contributed by atoms with Crippen molar-refractivity contribution in [2.75, 3.05) is 39.5 Å². The highest BCUT2D eigenvalue weighted by Gasteiger charge is 2.15. The maximum atomic E-state index is 5.78. The zero-order valence-corrected chi connectivity index (χ0v) is 16.1. The van der Waals surface area contributed by atoms with Crippen molar-refractivity contribution in [1.29, 1.82) is 0 Å².